The van der Waals surface area contributed by atoms with Crippen LogP contribution in [0.3, 0.4) is 0 Å². The van der Waals surface area contributed by atoms with E-state index in [4.69, 9.17) is 4.74 Å². The molecule has 2 nitrogen and oxygen atoms in total. The molecule has 0 spiro atoms. The zero-order valence-electron chi connectivity index (χ0n) is 8.91. The molecule has 0 fully saturated rings. The van der Waals surface area contributed by atoms with E-state index in [-0.39, 0.29) is 11.9 Å². The Morgan fingerprint density at radius 1 is 1.43 bits per heavy atom. The number of esters is 1. The van der Waals surface area contributed by atoms with Gasteiger partial charge in [-0.2, -0.15) is 0 Å². The van der Waals surface area contributed by atoms with Crippen LogP contribution < -0.4 is 0 Å². The van der Waals surface area contributed by atoms with Crippen LogP contribution in [0.4, 0.5) is 0 Å². The minimum Gasteiger partial charge on any atom is -0.469 e. The Balaban J connectivity index is 2.99. The van der Waals surface area contributed by atoms with Gasteiger partial charge in [0.15, 0.2) is 0 Å². The Kier molecular flexibility index (Phi) is 3.69. The van der Waals surface area contributed by atoms with E-state index in [1.165, 1.54) is 12.7 Å². The molecule has 0 bridgehead atoms. The number of carbonyl (C=O) groups excluding carboxylic acids is 1. The molecule has 1 aromatic rings. The van der Waals surface area contributed by atoms with Crippen molar-refractivity contribution in [3.05, 3.63) is 35.4 Å². The fourth-order valence-corrected chi connectivity index (χ4v) is 1.58. The number of hydrogen-bond acceptors (Lipinski definition) is 2. The molecule has 0 radical (unpaired) electrons. The first-order chi connectivity index (χ1) is 6.70. The summed E-state index contributed by atoms with van der Waals surface area (Å²) in [6.07, 6.45) is 0.942. The van der Waals surface area contributed by atoms with Crippen molar-refractivity contribution in [3.8, 4) is 0 Å². The molecule has 0 amide bonds. The topological polar surface area (TPSA) is 26.3 Å². The highest BCUT2D eigenvalue weighted by atomic mass is 16.5. The van der Waals surface area contributed by atoms with Gasteiger partial charge < -0.3 is 4.74 Å². The second kappa shape index (κ2) is 4.80. The Labute approximate surface area is 84.9 Å². The fraction of sp³-hybridized carbons (Fsp3) is 0.417. The van der Waals surface area contributed by atoms with Crippen molar-refractivity contribution in [1.82, 2.24) is 0 Å². The van der Waals surface area contributed by atoms with Gasteiger partial charge in [-0.1, -0.05) is 31.2 Å². The molecule has 0 saturated heterocycles. The van der Waals surface area contributed by atoms with Gasteiger partial charge in [-0.25, -0.2) is 0 Å². The average Bonchev–Trinajstić information content (AvgIpc) is 2.26. The van der Waals surface area contributed by atoms with Crippen LogP contribution in [-0.4, -0.2) is 13.1 Å². The van der Waals surface area contributed by atoms with Crippen molar-refractivity contribution in [2.24, 2.45) is 0 Å². The van der Waals surface area contributed by atoms with Gasteiger partial charge in [0.1, 0.15) is 0 Å². The third-order valence-corrected chi connectivity index (χ3v) is 2.46. The molecule has 0 aromatic heterocycles. The maximum atomic E-state index is 11.4. The molecule has 1 atom stereocenters. The number of aryl methyl sites for hydroxylation is 1. The van der Waals surface area contributed by atoms with E-state index < -0.39 is 0 Å². The van der Waals surface area contributed by atoms with Gasteiger partial charge in [-0.05, 0) is 24.5 Å². The number of hydrogen-bond donors (Lipinski definition) is 0. The molecule has 0 heterocycles. The van der Waals surface area contributed by atoms with Gasteiger partial charge in [0, 0.05) is 0 Å². The fourth-order valence-electron chi connectivity index (χ4n) is 1.58. The highest BCUT2D eigenvalue weighted by molar-refractivity contribution is 5.78. The number of benzene rings is 1. The molecule has 0 aliphatic carbocycles. The van der Waals surface area contributed by atoms with E-state index in [1.54, 1.807) is 0 Å². The van der Waals surface area contributed by atoms with Gasteiger partial charge >= 0.3 is 5.97 Å². The third-order valence-electron chi connectivity index (χ3n) is 2.46. The standard InChI is InChI=1S/C12H16O2/c1-4-10-7-5-6-8-11(10)9(2)12(13)14-3/h5-9H,4H2,1-3H3. The van der Waals surface area contributed by atoms with Gasteiger partial charge in [0.2, 0.25) is 0 Å². The molecule has 0 saturated carbocycles. The quantitative estimate of drug-likeness (QED) is 0.688. The minimum atomic E-state index is -0.175. The van der Waals surface area contributed by atoms with Crippen LogP contribution in [0.2, 0.25) is 0 Å². The first-order valence-electron chi connectivity index (χ1n) is 4.86. The van der Waals surface area contributed by atoms with Crippen LogP contribution in [0.15, 0.2) is 24.3 Å². The van der Waals surface area contributed by atoms with Crippen molar-refractivity contribution in [2.45, 2.75) is 26.2 Å². The van der Waals surface area contributed by atoms with E-state index in [2.05, 4.69) is 13.0 Å². The van der Waals surface area contributed by atoms with Crippen LogP contribution in [0.1, 0.15) is 30.9 Å². The molecule has 2 heteroatoms. The normalized spacial score (nSPS) is 12.2. The first-order valence-corrected chi connectivity index (χ1v) is 4.86. The summed E-state index contributed by atoms with van der Waals surface area (Å²) in [5.41, 5.74) is 2.28. The lowest BCUT2D eigenvalue weighted by atomic mass is 9.94. The second-order valence-electron chi connectivity index (χ2n) is 3.30. The highest BCUT2D eigenvalue weighted by Crippen LogP contribution is 2.21. The Morgan fingerprint density at radius 2 is 2.07 bits per heavy atom. The maximum absolute atomic E-state index is 11.4. The molecular formula is C12H16O2. The summed E-state index contributed by atoms with van der Waals surface area (Å²) in [6.45, 7) is 3.96. The summed E-state index contributed by atoms with van der Waals surface area (Å²) in [4.78, 5) is 11.4. The van der Waals surface area contributed by atoms with Crippen molar-refractivity contribution in [1.29, 1.82) is 0 Å². The highest BCUT2D eigenvalue weighted by Gasteiger charge is 2.17. The van der Waals surface area contributed by atoms with Gasteiger partial charge in [-0.15, -0.1) is 0 Å². The van der Waals surface area contributed by atoms with Crippen LogP contribution in [0.25, 0.3) is 0 Å². The Morgan fingerprint density at radius 3 is 2.64 bits per heavy atom. The van der Waals surface area contributed by atoms with E-state index in [9.17, 15) is 4.79 Å². The summed E-state index contributed by atoms with van der Waals surface area (Å²) in [5, 5.41) is 0. The van der Waals surface area contributed by atoms with Crippen LogP contribution in [0.5, 0.6) is 0 Å². The molecule has 1 unspecified atom stereocenters. The molecule has 1 rings (SSSR count). The van der Waals surface area contributed by atoms with Gasteiger partial charge in [0.25, 0.3) is 0 Å². The molecule has 0 aliphatic heterocycles. The van der Waals surface area contributed by atoms with E-state index >= 15 is 0 Å². The monoisotopic (exact) mass is 192 g/mol. The lowest BCUT2D eigenvalue weighted by Crippen LogP contribution is -2.12. The largest absolute Gasteiger partial charge is 0.469 e. The minimum absolute atomic E-state index is 0.170. The lowest BCUT2D eigenvalue weighted by Gasteiger charge is -2.13. The number of ether oxygens (including phenoxy) is 1. The zero-order chi connectivity index (χ0) is 10.6. The third kappa shape index (κ3) is 2.13. The summed E-state index contributed by atoms with van der Waals surface area (Å²) in [6, 6.07) is 7.98. The van der Waals surface area contributed by atoms with Crippen LogP contribution >= 0.6 is 0 Å². The van der Waals surface area contributed by atoms with Gasteiger partial charge in [0.05, 0.1) is 13.0 Å². The lowest BCUT2D eigenvalue weighted by molar-refractivity contribution is -0.142. The summed E-state index contributed by atoms with van der Waals surface area (Å²) < 4.78 is 4.73. The average molecular weight is 192 g/mol. The van der Waals surface area contributed by atoms with Gasteiger partial charge in [-0.3, -0.25) is 4.79 Å². The molecular weight excluding hydrogens is 176 g/mol. The van der Waals surface area contributed by atoms with Crippen LogP contribution in [-0.2, 0) is 16.0 Å². The number of rotatable bonds is 3. The summed E-state index contributed by atoms with van der Waals surface area (Å²) >= 11 is 0. The molecule has 0 aliphatic rings. The Bertz CT molecular complexity index is 318. The predicted octanol–water partition coefficient (Wildman–Crippen LogP) is 2.53. The summed E-state index contributed by atoms with van der Waals surface area (Å²) in [7, 11) is 1.42. The maximum Gasteiger partial charge on any atom is 0.312 e. The van der Waals surface area contributed by atoms with E-state index in [0.29, 0.717) is 0 Å². The molecule has 76 valence electrons. The number of carbonyl (C=O) groups is 1. The van der Waals surface area contributed by atoms with Crippen molar-refractivity contribution >= 4 is 5.97 Å². The first kappa shape index (κ1) is 10.8. The van der Waals surface area contributed by atoms with Crippen molar-refractivity contribution in [3.63, 3.8) is 0 Å². The van der Waals surface area contributed by atoms with E-state index in [1.807, 2.05) is 25.1 Å². The molecule has 14 heavy (non-hydrogen) atoms. The predicted molar refractivity (Wildman–Crippen MR) is 56.3 cm³/mol. The zero-order valence-corrected chi connectivity index (χ0v) is 8.91. The molecule has 0 N–H and O–H groups in total. The summed E-state index contributed by atoms with van der Waals surface area (Å²) in [5.74, 6) is -0.345. The van der Waals surface area contributed by atoms with Crippen molar-refractivity contribution < 1.29 is 9.53 Å². The van der Waals surface area contributed by atoms with Crippen LogP contribution in [0, 0.1) is 0 Å². The Hall–Kier alpha value is -1.31. The second-order valence-corrected chi connectivity index (χ2v) is 3.30. The number of methoxy groups -OCH3 is 1. The van der Waals surface area contributed by atoms with Crippen molar-refractivity contribution in [2.75, 3.05) is 7.11 Å². The smallest absolute Gasteiger partial charge is 0.312 e. The molecule has 1 aromatic carbocycles. The van der Waals surface area contributed by atoms with E-state index in [0.717, 1.165) is 12.0 Å². The SMILES string of the molecule is CCc1ccccc1C(C)C(=O)OC.